The topological polar surface area (TPSA) is 52.6 Å². The highest BCUT2D eigenvalue weighted by Crippen LogP contribution is 2.23. The molecule has 0 fully saturated rings. The van der Waals surface area contributed by atoms with Crippen LogP contribution in [-0.2, 0) is 16.0 Å². The summed E-state index contributed by atoms with van der Waals surface area (Å²) in [6.07, 6.45) is 8.64. The number of carbonyl (C=O) groups excluding carboxylic acids is 2. The maximum absolute atomic E-state index is 12.2. The molecule has 0 amide bonds. The van der Waals surface area contributed by atoms with Gasteiger partial charge in [0.05, 0.1) is 11.7 Å². The van der Waals surface area contributed by atoms with E-state index in [4.69, 9.17) is 9.47 Å². The zero-order valence-corrected chi connectivity index (χ0v) is 22.1. The zero-order valence-electron chi connectivity index (χ0n) is 22.1. The largest absolute Gasteiger partial charge is 0.459 e. The lowest BCUT2D eigenvalue weighted by molar-refractivity contribution is -0.128. The summed E-state index contributed by atoms with van der Waals surface area (Å²) in [4.78, 5) is 24.2. The summed E-state index contributed by atoms with van der Waals surface area (Å²) in [5.74, 6) is 4.93. The standard InChI is InChI=1S/C33H36O4/c1-4-5-6-7-8-9-10-26-11-13-27(14-12-26)15-24-32(34)37-31-22-20-29(21-23-31)28-16-18-30(19-17-28)33(35)36-25(2)3/h11-14,16-23,25H,4-10H2,1-3H3. The van der Waals surface area contributed by atoms with Crippen molar-refractivity contribution in [2.45, 2.75) is 71.8 Å². The van der Waals surface area contributed by atoms with Crippen molar-refractivity contribution in [1.29, 1.82) is 0 Å². The smallest absolute Gasteiger partial charge is 0.390 e. The fraction of sp³-hybridized carbons (Fsp3) is 0.333. The molecule has 0 N–H and O–H groups in total. The molecule has 4 heteroatoms. The molecule has 0 radical (unpaired) electrons. The molecule has 3 rings (SSSR count). The first-order valence-corrected chi connectivity index (χ1v) is 13.2. The van der Waals surface area contributed by atoms with E-state index in [-0.39, 0.29) is 12.1 Å². The summed E-state index contributed by atoms with van der Waals surface area (Å²) in [5.41, 5.74) is 4.48. The van der Waals surface area contributed by atoms with Crippen molar-refractivity contribution < 1.29 is 19.1 Å². The molecule has 3 aromatic rings. The predicted molar refractivity (Wildman–Crippen MR) is 148 cm³/mol. The minimum atomic E-state index is -0.600. The Labute approximate surface area is 221 Å². The van der Waals surface area contributed by atoms with Gasteiger partial charge in [0.2, 0.25) is 0 Å². The summed E-state index contributed by atoms with van der Waals surface area (Å²) >= 11 is 0. The molecule has 0 spiro atoms. The third-order valence-electron chi connectivity index (χ3n) is 5.94. The molecular weight excluding hydrogens is 460 g/mol. The van der Waals surface area contributed by atoms with Crippen LogP contribution in [0, 0.1) is 11.8 Å². The third-order valence-corrected chi connectivity index (χ3v) is 5.94. The molecule has 0 aliphatic heterocycles. The SMILES string of the molecule is CCCCCCCCc1ccc(C#CC(=O)Oc2ccc(-c3ccc(C(=O)OC(C)C)cc3)cc2)cc1. The molecule has 37 heavy (non-hydrogen) atoms. The second kappa shape index (κ2) is 14.7. The van der Waals surface area contributed by atoms with E-state index in [1.807, 2.05) is 50.2 Å². The van der Waals surface area contributed by atoms with Gasteiger partial charge in [0.25, 0.3) is 0 Å². The minimum absolute atomic E-state index is 0.160. The van der Waals surface area contributed by atoms with E-state index in [9.17, 15) is 9.59 Å². The van der Waals surface area contributed by atoms with Crippen molar-refractivity contribution in [3.63, 3.8) is 0 Å². The van der Waals surface area contributed by atoms with Crippen molar-refractivity contribution in [3.05, 3.63) is 89.5 Å². The number of carbonyl (C=O) groups is 2. The van der Waals surface area contributed by atoms with Gasteiger partial charge in [-0.05, 0) is 79.8 Å². The fourth-order valence-corrected chi connectivity index (χ4v) is 3.92. The Morgan fingerprint density at radius 1 is 0.757 bits per heavy atom. The highest BCUT2D eigenvalue weighted by Gasteiger charge is 2.09. The van der Waals surface area contributed by atoms with E-state index in [1.54, 1.807) is 24.3 Å². The number of rotatable bonds is 11. The number of ether oxygens (including phenoxy) is 2. The molecule has 0 aliphatic rings. The first-order valence-electron chi connectivity index (χ1n) is 13.2. The first kappa shape index (κ1) is 27.7. The van der Waals surface area contributed by atoms with Gasteiger partial charge in [-0.25, -0.2) is 9.59 Å². The van der Waals surface area contributed by atoms with Crippen LogP contribution in [0.3, 0.4) is 0 Å². The Balaban J connectivity index is 1.48. The van der Waals surface area contributed by atoms with Gasteiger partial charge in [0, 0.05) is 11.5 Å². The van der Waals surface area contributed by atoms with Crippen molar-refractivity contribution in [2.24, 2.45) is 0 Å². The second-order valence-corrected chi connectivity index (χ2v) is 9.41. The maximum Gasteiger partial charge on any atom is 0.390 e. The maximum atomic E-state index is 12.2. The highest BCUT2D eigenvalue weighted by atomic mass is 16.5. The van der Waals surface area contributed by atoms with Gasteiger partial charge in [-0.2, -0.15) is 0 Å². The van der Waals surface area contributed by atoms with E-state index in [0.717, 1.165) is 23.1 Å². The number of esters is 2. The summed E-state index contributed by atoms with van der Waals surface area (Å²) in [6.45, 7) is 5.88. The molecule has 0 aromatic heterocycles. The number of aryl methyl sites for hydroxylation is 1. The normalized spacial score (nSPS) is 10.5. The van der Waals surface area contributed by atoms with Crippen LogP contribution in [0.4, 0.5) is 0 Å². The molecule has 0 aliphatic carbocycles. The van der Waals surface area contributed by atoms with Gasteiger partial charge < -0.3 is 9.47 Å². The Hall–Kier alpha value is -3.84. The van der Waals surface area contributed by atoms with Gasteiger partial charge in [-0.15, -0.1) is 0 Å². The van der Waals surface area contributed by atoms with Gasteiger partial charge in [-0.3, -0.25) is 0 Å². The quantitative estimate of drug-likeness (QED) is 0.118. The molecular formula is C33H36O4. The predicted octanol–water partition coefficient (Wildman–Crippen LogP) is 7.78. The summed E-state index contributed by atoms with van der Waals surface area (Å²) < 4.78 is 10.6. The van der Waals surface area contributed by atoms with Crippen molar-refractivity contribution in [2.75, 3.05) is 0 Å². The fourth-order valence-electron chi connectivity index (χ4n) is 3.92. The van der Waals surface area contributed by atoms with Crippen LogP contribution >= 0.6 is 0 Å². The average molecular weight is 497 g/mol. The number of hydrogen-bond donors (Lipinski definition) is 0. The lowest BCUT2D eigenvalue weighted by atomic mass is 10.0. The lowest BCUT2D eigenvalue weighted by Gasteiger charge is -2.08. The van der Waals surface area contributed by atoms with Crippen LogP contribution in [0.25, 0.3) is 11.1 Å². The van der Waals surface area contributed by atoms with Crippen LogP contribution in [0.5, 0.6) is 5.75 Å². The van der Waals surface area contributed by atoms with E-state index in [0.29, 0.717) is 11.3 Å². The van der Waals surface area contributed by atoms with E-state index in [2.05, 4.69) is 30.9 Å². The van der Waals surface area contributed by atoms with Crippen LogP contribution in [0.1, 0.15) is 80.8 Å². The molecule has 0 heterocycles. The van der Waals surface area contributed by atoms with Crippen molar-refractivity contribution >= 4 is 11.9 Å². The average Bonchev–Trinajstić information content (AvgIpc) is 2.90. The Kier molecular flexibility index (Phi) is 11.0. The molecule has 0 saturated heterocycles. The number of unbranched alkanes of at least 4 members (excludes halogenated alkanes) is 5. The second-order valence-electron chi connectivity index (χ2n) is 9.41. The zero-order chi connectivity index (χ0) is 26.5. The van der Waals surface area contributed by atoms with Gasteiger partial charge in [-0.1, -0.05) is 81.3 Å². The number of benzene rings is 3. The van der Waals surface area contributed by atoms with Crippen LogP contribution in [-0.4, -0.2) is 18.0 Å². The highest BCUT2D eigenvalue weighted by molar-refractivity contribution is 5.91. The Bertz CT molecular complexity index is 1190. The molecule has 0 bridgehead atoms. The Morgan fingerprint density at radius 2 is 1.35 bits per heavy atom. The molecule has 3 aromatic carbocycles. The van der Waals surface area contributed by atoms with E-state index >= 15 is 0 Å². The number of hydrogen-bond acceptors (Lipinski definition) is 4. The first-order chi connectivity index (χ1) is 17.9. The molecule has 4 nitrogen and oxygen atoms in total. The van der Waals surface area contributed by atoms with Gasteiger partial charge >= 0.3 is 11.9 Å². The van der Waals surface area contributed by atoms with E-state index < -0.39 is 5.97 Å². The van der Waals surface area contributed by atoms with Gasteiger partial charge in [0.15, 0.2) is 0 Å². The molecule has 0 saturated carbocycles. The lowest BCUT2D eigenvalue weighted by Crippen LogP contribution is -2.11. The summed E-state index contributed by atoms with van der Waals surface area (Å²) in [6, 6.07) is 22.5. The molecule has 0 atom stereocenters. The van der Waals surface area contributed by atoms with Crippen LogP contribution in [0.15, 0.2) is 72.8 Å². The van der Waals surface area contributed by atoms with Crippen LogP contribution in [0.2, 0.25) is 0 Å². The third kappa shape index (κ3) is 9.61. The minimum Gasteiger partial charge on any atom is -0.459 e. The summed E-state index contributed by atoms with van der Waals surface area (Å²) in [7, 11) is 0. The molecule has 0 unspecified atom stereocenters. The van der Waals surface area contributed by atoms with Crippen LogP contribution < -0.4 is 4.74 Å². The Morgan fingerprint density at radius 3 is 1.97 bits per heavy atom. The molecule has 192 valence electrons. The van der Waals surface area contributed by atoms with Crippen molar-refractivity contribution in [3.8, 4) is 28.7 Å². The summed E-state index contributed by atoms with van der Waals surface area (Å²) in [5, 5.41) is 0. The van der Waals surface area contributed by atoms with Crippen molar-refractivity contribution in [1.82, 2.24) is 0 Å². The van der Waals surface area contributed by atoms with Gasteiger partial charge in [0.1, 0.15) is 5.75 Å². The monoisotopic (exact) mass is 496 g/mol. The van der Waals surface area contributed by atoms with E-state index in [1.165, 1.54) is 44.1 Å².